The minimum absolute atomic E-state index is 0. The van der Waals surface area contributed by atoms with Gasteiger partial charge in [0.25, 0.3) is 5.91 Å². The van der Waals surface area contributed by atoms with Crippen molar-refractivity contribution in [3.8, 4) is 0 Å². The van der Waals surface area contributed by atoms with Crippen molar-refractivity contribution in [2.24, 2.45) is 4.99 Å². The van der Waals surface area contributed by atoms with Gasteiger partial charge in [-0.2, -0.15) is 0 Å². The molecule has 0 bridgehead atoms. The SMILES string of the molecule is CC(=O)OCC1=C(C(=O)O)N2C(=O)C(N=C(C)C)[C@@H]2SC1.Cl. The van der Waals surface area contributed by atoms with Crippen LogP contribution in [0.2, 0.25) is 0 Å². The van der Waals surface area contributed by atoms with Crippen LogP contribution in [0.5, 0.6) is 0 Å². The van der Waals surface area contributed by atoms with Gasteiger partial charge in [0.2, 0.25) is 0 Å². The van der Waals surface area contributed by atoms with Gasteiger partial charge in [-0.25, -0.2) is 4.79 Å². The molecule has 122 valence electrons. The zero-order chi connectivity index (χ0) is 15.7. The van der Waals surface area contributed by atoms with Crippen molar-refractivity contribution in [3.63, 3.8) is 0 Å². The Morgan fingerprint density at radius 1 is 1.41 bits per heavy atom. The zero-order valence-electron chi connectivity index (χ0n) is 12.4. The summed E-state index contributed by atoms with van der Waals surface area (Å²) in [4.78, 5) is 39.9. The fraction of sp³-hybridized carbons (Fsp3) is 0.538. The Bertz CT molecular complexity index is 571. The van der Waals surface area contributed by atoms with Crippen LogP contribution in [0, 0.1) is 0 Å². The number of aliphatic carboxylic acids is 1. The number of aliphatic imine (C=N–C) groups is 1. The van der Waals surface area contributed by atoms with Gasteiger partial charge in [-0.1, -0.05) is 0 Å². The highest BCUT2D eigenvalue weighted by Gasteiger charge is 2.53. The fourth-order valence-electron chi connectivity index (χ4n) is 2.23. The molecule has 1 N–H and O–H groups in total. The standard InChI is InChI=1S/C13H16N2O5S.ClH/c1-6(2)14-9-11(17)15-10(13(18)19)8(4-20-7(3)16)5-21-12(9)15;/h9,12H,4-5H2,1-3H3,(H,18,19);1H/t9?,12-;/m0./s1. The summed E-state index contributed by atoms with van der Waals surface area (Å²) >= 11 is 1.43. The number of halogens is 1. The highest BCUT2D eigenvalue weighted by atomic mass is 35.5. The number of thioether (sulfide) groups is 1. The van der Waals surface area contributed by atoms with E-state index >= 15 is 0 Å². The van der Waals surface area contributed by atoms with Gasteiger partial charge in [0.15, 0.2) is 6.04 Å². The number of amides is 1. The molecule has 2 aliphatic heterocycles. The van der Waals surface area contributed by atoms with Gasteiger partial charge >= 0.3 is 11.9 Å². The summed E-state index contributed by atoms with van der Waals surface area (Å²) in [5, 5.41) is 9.05. The lowest BCUT2D eigenvalue weighted by molar-refractivity contribution is -0.148. The topological polar surface area (TPSA) is 96.3 Å². The van der Waals surface area contributed by atoms with E-state index in [1.807, 2.05) is 0 Å². The molecule has 1 saturated heterocycles. The number of ether oxygens (including phenoxy) is 1. The third-order valence-electron chi connectivity index (χ3n) is 3.07. The molecule has 0 aromatic carbocycles. The molecule has 9 heteroatoms. The van der Waals surface area contributed by atoms with Crippen LogP contribution in [0.25, 0.3) is 0 Å². The molecule has 0 spiro atoms. The van der Waals surface area contributed by atoms with Crippen molar-refractivity contribution in [3.05, 3.63) is 11.3 Å². The summed E-state index contributed by atoms with van der Waals surface area (Å²) in [6, 6.07) is -0.523. The second-order valence-electron chi connectivity index (χ2n) is 4.97. The number of β-lactam (4-membered cyclic amide) rings is 1. The molecule has 0 saturated carbocycles. The number of carbonyl (C=O) groups is 3. The Kier molecular flexibility index (Phi) is 6.01. The Morgan fingerprint density at radius 3 is 2.55 bits per heavy atom. The van der Waals surface area contributed by atoms with E-state index < -0.39 is 18.0 Å². The average Bonchev–Trinajstić information content (AvgIpc) is 2.40. The van der Waals surface area contributed by atoms with Crippen LogP contribution in [-0.4, -0.2) is 57.3 Å². The first-order valence-electron chi connectivity index (χ1n) is 6.37. The van der Waals surface area contributed by atoms with Crippen molar-refractivity contribution < 1.29 is 24.2 Å². The highest BCUT2D eigenvalue weighted by molar-refractivity contribution is 8.00. The molecule has 22 heavy (non-hydrogen) atoms. The third kappa shape index (κ3) is 3.44. The molecule has 0 aliphatic carbocycles. The number of esters is 1. The molecule has 0 aromatic rings. The lowest BCUT2D eigenvalue weighted by atomic mass is 10.0. The van der Waals surface area contributed by atoms with E-state index in [0.717, 1.165) is 5.71 Å². The molecular formula is C13H17ClN2O5S. The van der Waals surface area contributed by atoms with E-state index in [0.29, 0.717) is 11.3 Å². The normalized spacial score (nSPS) is 23.0. The second-order valence-corrected chi connectivity index (χ2v) is 6.07. The predicted octanol–water partition coefficient (Wildman–Crippen LogP) is 1.07. The van der Waals surface area contributed by atoms with Crippen LogP contribution < -0.4 is 0 Å². The summed E-state index contributed by atoms with van der Waals surface area (Å²) in [6.07, 6.45) is 0. The maximum Gasteiger partial charge on any atom is 0.352 e. The monoisotopic (exact) mass is 348 g/mol. The molecule has 7 nitrogen and oxygen atoms in total. The average molecular weight is 349 g/mol. The van der Waals surface area contributed by atoms with Crippen LogP contribution in [0.15, 0.2) is 16.3 Å². The fourth-order valence-corrected chi connectivity index (χ4v) is 3.54. The second kappa shape index (κ2) is 7.15. The van der Waals surface area contributed by atoms with Gasteiger partial charge in [0, 0.05) is 24.0 Å². The number of carbonyl (C=O) groups excluding carboxylic acids is 2. The first kappa shape index (κ1) is 18.5. The van der Waals surface area contributed by atoms with Crippen molar-refractivity contribution >= 4 is 47.7 Å². The van der Waals surface area contributed by atoms with E-state index in [1.54, 1.807) is 13.8 Å². The summed E-state index contributed by atoms with van der Waals surface area (Å²) in [5.41, 5.74) is 1.13. The quantitative estimate of drug-likeness (QED) is 0.464. The summed E-state index contributed by atoms with van der Waals surface area (Å²) in [6.45, 7) is 4.73. The lowest BCUT2D eigenvalue weighted by Gasteiger charge is -2.47. The van der Waals surface area contributed by atoms with Gasteiger partial charge in [0.05, 0.1) is 0 Å². The van der Waals surface area contributed by atoms with Crippen molar-refractivity contribution in [2.75, 3.05) is 12.4 Å². The van der Waals surface area contributed by atoms with E-state index in [1.165, 1.54) is 23.6 Å². The summed E-state index contributed by atoms with van der Waals surface area (Å²) in [7, 11) is 0. The molecule has 1 unspecified atom stereocenters. The van der Waals surface area contributed by atoms with Crippen molar-refractivity contribution in [1.82, 2.24) is 4.90 Å². The lowest BCUT2D eigenvalue weighted by Crippen LogP contribution is -2.64. The molecule has 2 heterocycles. The highest BCUT2D eigenvalue weighted by Crippen LogP contribution is 2.41. The number of hydrogen-bond acceptors (Lipinski definition) is 6. The Morgan fingerprint density at radius 2 is 2.05 bits per heavy atom. The van der Waals surface area contributed by atoms with Crippen LogP contribution >= 0.6 is 24.2 Å². The number of carboxylic acid groups (broad SMARTS) is 1. The molecule has 2 aliphatic rings. The van der Waals surface area contributed by atoms with E-state index in [4.69, 9.17) is 4.74 Å². The first-order valence-corrected chi connectivity index (χ1v) is 7.42. The molecular weight excluding hydrogens is 332 g/mol. The molecule has 2 atom stereocenters. The largest absolute Gasteiger partial charge is 0.477 e. The number of nitrogens with zero attached hydrogens (tertiary/aromatic N) is 2. The Balaban J connectivity index is 0.00000242. The molecule has 1 amide bonds. The van der Waals surface area contributed by atoms with Crippen LogP contribution in [-0.2, 0) is 19.1 Å². The van der Waals surface area contributed by atoms with Crippen LogP contribution in [0.1, 0.15) is 20.8 Å². The summed E-state index contributed by atoms with van der Waals surface area (Å²) in [5.74, 6) is -1.60. The third-order valence-corrected chi connectivity index (χ3v) is 4.39. The first-order chi connectivity index (χ1) is 9.82. The maximum absolute atomic E-state index is 12.1. The van der Waals surface area contributed by atoms with E-state index in [-0.39, 0.29) is 36.0 Å². The minimum atomic E-state index is -1.19. The number of hydrogen-bond donors (Lipinski definition) is 1. The minimum Gasteiger partial charge on any atom is -0.477 e. The molecule has 2 rings (SSSR count). The number of carboxylic acids is 1. The van der Waals surface area contributed by atoms with Gasteiger partial charge in [0.1, 0.15) is 17.7 Å². The summed E-state index contributed by atoms with van der Waals surface area (Å²) < 4.78 is 4.86. The number of rotatable bonds is 4. The zero-order valence-corrected chi connectivity index (χ0v) is 14.0. The Hall–Kier alpha value is -1.54. The van der Waals surface area contributed by atoms with E-state index in [2.05, 4.69) is 4.99 Å². The van der Waals surface area contributed by atoms with Gasteiger partial charge in [-0.15, -0.1) is 24.2 Å². The smallest absolute Gasteiger partial charge is 0.352 e. The Labute approximate surface area is 138 Å². The van der Waals surface area contributed by atoms with Crippen molar-refractivity contribution in [1.29, 1.82) is 0 Å². The molecule has 0 radical (unpaired) electrons. The maximum atomic E-state index is 12.1. The van der Waals surface area contributed by atoms with E-state index in [9.17, 15) is 19.5 Å². The number of fused-ring (bicyclic) bond motifs is 1. The van der Waals surface area contributed by atoms with Crippen molar-refractivity contribution in [2.45, 2.75) is 32.2 Å². The van der Waals surface area contributed by atoms with Crippen LogP contribution in [0.3, 0.4) is 0 Å². The molecule has 0 aromatic heterocycles. The predicted molar refractivity (Wildman–Crippen MR) is 84.2 cm³/mol. The van der Waals surface area contributed by atoms with Gasteiger partial charge in [-0.05, 0) is 13.8 Å². The van der Waals surface area contributed by atoms with Crippen LogP contribution in [0.4, 0.5) is 0 Å². The van der Waals surface area contributed by atoms with Gasteiger partial charge < -0.3 is 9.84 Å². The van der Waals surface area contributed by atoms with Gasteiger partial charge in [-0.3, -0.25) is 19.5 Å². The molecule has 1 fully saturated rings.